The second-order valence-corrected chi connectivity index (χ2v) is 26.2. The summed E-state index contributed by atoms with van der Waals surface area (Å²) in [6.45, 7) is 24.3. The Morgan fingerprint density at radius 2 is 0.976 bits per heavy atom. The third kappa shape index (κ3) is 10.6. The van der Waals surface area contributed by atoms with E-state index in [0.717, 1.165) is 80.0 Å². The standard InChI is InChI=1S/C33H42FN5O3.C32H39F2N5O2/c1-19-18-37(12-13-38(19)29-15-22-14-27(20(29)2)33(22,3)4)32(35)36-23-7-9-25-26(16-23)31(41)39(30(25)40)11-10-21-6-8-24(42-5)17-28(21)34;1-18-17-37(11-12-38(18)28-14-21-13-26(19(28)2)32(21,3)4)31(35)36-23-7-8-24-25(16-23)30(41)39(29(24)40)10-9-20-5-6-22(33)15-27(20)34/h6-9,16-17,19-20,22,27,29H,10-15,18H2,1-5H3,(H2,35,36);5-8,15-16,18-19,21,26,28H,9-14,17H2,1-4H3,(H2,35,36)/t19-,20+,22+,27+,29-;18-,19+,21-,26-,28-/m00/s1. The molecule has 4 bridgehead atoms. The number of halogens is 3. The maximum absolute atomic E-state index is 14.4. The smallest absolute Gasteiger partial charge is 0.261 e. The summed E-state index contributed by atoms with van der Waals surface area (Å²) in [7, 11) is 1.47. The molecule has 0 spiro atoms. The van der Waals surface area contributed by atoms with Gasteiger partial charge in [0, 0.05) is 88.7 Å². The van der Waals surface area contributed by atoms with Crippen LogP contribution >= 0.6 is 0 Å². The number of ether oxygens (including phenoxy) is 1. The van der Waals surface area contributed by atoms with Gasteiger partial charge < -0.3 is 26.0 Å². The number of fused-ring (bicyclic) bond motifs is 6. The fraction of sp³-hybridized carbons (Fsp3) is 0.538. The van der Waals surface area contributed by atoms with Crippen molar-refractivity contribution in [2.45, 2.75) is 118 Å². The van der Waals surface area contributed by atoms with Gasteiger partial charge >= 0.3 is 0 Å². The average Bonchev–Trinajstić information content (AvgIpc) is 2.42. The Balaban J connectivity index is 0.000000174. The number of rotatable bonds is 11. The van der Waals surface area contributed by atoms with Crippen LogP contribution in [0.1, 0.15) is 134 Å². The zero-order valence-electron chi connectivity index (χ0n) is 49.5. The van der Waals surface area contributed by atoms with Crippen molar-refractivity contribution >= 4 is 46.9 Å². The van der Waals surface area contributed by atoms with Crippen molar-refractivity contribution in [2.24, 2.45) is 67.8 Å². The Bertz CT molecular complexity index is 3290. The van der Waals surface area contributed by atoms with Gasteiger partial charge in [-0.2, -0.15) is 0 Å². The average molecular weight is 1140 g/mol. The lowest BCUT2D eigenvalue weighted by atomic mass is 9.44. The van der Waals surface area contributed by atoms with E-state index in [9.17, 15) is 32.3 Å². The maximum atomic E-state index is 14.4. The summed E-state index contributed by atoms with van der Waals surface area (Å²) in [6.07, 6.45) is 5.62. The molecule has 4 aromatic carbocycles. The normalized spacial score (nSPS) is 29.3. The van der Waals surface area contributed by atoms with Gasteiger partial charge in [-0.1, -0.05) is 53.7 Å². The zero-order valence-corrected chi connectivity index (χ0v) is 49.5. The second kappa shape index (κ2) is 22.3. The first-order valence-corrected chi connectivity index (χ1v) is 29.9. The predicted molar refractivity (Wildman–Crippen MR) is 314 cm³/mol. The number of piperazine rings is 2. The molecule has 0 radical (unpaired) electrons. The second-order valence-electron chi connectivity index (χ2n) is 26.2. The molecular weight excluding hydrogens is 1060 g/mol. The molecule has 4 N–H and O–H groups in total. The minimum Gasteiger partial charge on any atom is -0.497 e. The Kier molecular flexibility index (Phi) is 15.6. The number of amides is 4. The summed E-state index contributed by atoms with van der Waals surface area (Å²) in [5, 5.41) is 0. The van der Waals surface area contributed by atoms with E-state index in [1.807, 2.05) is 0 Å². The number of carbonyl (C=O) groups excluding carboxylic acids is 4. The molecule has 10 aliphatic rings. The molecule has 0 unspecified atom stereocenters. The molecule has 14 rings (SSSR count). The molecule has 15 nitrogen and oxygen atoms in total. The van der Waals surface area contributed by atoms with Crippen molar-refractivity contribution in [1.29, 1.82) is 0 Å². The molecule has 4 heterocycles. The molecular formula is C65H81F3N10O5. The van der Waals surface area contributed by atoms with E-state index in [1.165, 1.54) is 49.8 Å². The van der Waals surface area contributed by atoms with Gasteiger partial charge in [0.2, 0.25) is 0 Å². The molecule has 10 atom stereocenters. The van der Waals surface area contributed by atoms with Gasteiger partial charge in [0.05, 0.1) is 40.7 Å². The van der Waals surface area contributed by atoms with Crippen molar-refractivity contribution in [3.63, 3.8) is 0 Å². The quantitative estimate of drug-likeness (QED) is 0.0832. The SMILES string of the molecule is COc1ccc(CCN2C(=O)c3ccc(N=C(N)N4CCN([C@H]5C[C@H]6C[C@H]([C@H]5C)C6(C)C)[C@@H](C)C4)cc3C2=O)c(F)c1.C[C@H]1[C@@H](N2CCN(C(N)=Nc3ccc4c(c3)C(=O)N(CCc3ccc(F)cc3F)C4=O)C[C@@H]2C)C[C@@H]2C[C@@H]1C2(C)C. The van der Waals surface area contributed by atoms with Gasteiger partial charge in [-0.25, -0.2) is 23.2 Å². The number of nitrogens with zero attached hydrogens (tertiary/aromatic N) is 8. The number of methoxy groups -OCH3 is 1. The molecule has 2 saturated heterocycles. The molecule has 4 amide bonds. The van der Waals surface area contributed by atoms with E-state index in [1.54, 1.807) is 48.5 Å². The number of aliphatic imine (C=N–C) groups is 2. The maximum Gasteiger partial charge on any atom is 0.261 e. The summed E-state index contributed by atoms with van der Waals surface area (Å²) in [5.74, 6) is 2.44. The van der Waals surface area contributed by atoms with Crippen LogP contribution in [-0.4, -0.2) is 149 Å². The highest BCUT2D eigenvalue weighted by atomic mass is 19.1. The molecule has 83 heavy (non-hydrogen) atoms. The third-order valence-electron chi connectivity index (χ3n) is 21.4. The molecule has 4 aromatic rings. The van der Waals surface area contributed by atoms with Gasteiger partial charge in [0.25, 0.3) is 23.6 Å². The van der Waals surface area contributed by atoms with Crippen LogP contribution < -0.4 is 16.2 Å². The highest BCUT2D eigenvalue weighted by Gasteiger charge is 2.59. The van der Waals surface area contributed by atoms with Gasteiger partial charge in [-0.05, 0) is 158 Å². The minimum absolute atomic E-state index is 0.00357. The van der Waals surface area contributed by atoms with Crippen LogP contribution in [0.4, 0.5) is 24.5 Å². The molecule has 6 saturated carbocycles. The van der Waals surface area contributed by atoms with E-state index in [4.69, 9.17) is 16.2 Å². The van der Waals surface area contributed by atoms with E-state index < -0.39 is 35.2 Å². The van der Waals surface area contributed by atoms with Crippen LogP contribution in [0.15, 0.2) is 82.8 Å². The lowest BCUT2D eigenvalue weighted by molar-refractivity contribution is -0.147. The number of hydrogen-bond acceptors (Lipinski definition) is 9. The first kappa shape index (κ1) is 58.0. The summed E-state index contributed by atoms with van der Waals surface area (Å²) in [6, 6.07) is 19.7. The van der Waals surface area contributed by atoms with Crippen LogP contribution in [0.5, 0.6) is 5.75 Å². The number of hydrogen-bond donors (Lipinski definition) is 2. The fourth-order valence-corrected chi connectivity index (χ4v) is 16.0. The van der Waals surface area contributed by atoms with Crippen LogP contribution in [0, 0.1) is 63.8 Å². The Morgan fingerprint density at radius 1 is 0.554 bits per heavy atom. The van der Waals surface area contributed by atoms with E-state index >= 15 is 0 Å². The molecule has 0 aromatic heterocycles. The van der Waals surface area contributed by atoms with Crippen molar-refractivity contribution < 1.29 is 37.1 Å². The van der Waals surface area contributed by atoms with Crippen molar-refractivity contribution in [1.82, 2.24) is 29.4 Å². The summed E-state index contributed by atoms with van der Waals surface area (Å²) < 4.78 is 46.7. The van der Waals surface area contributed by atoms with Gasteiger partial charge in [-0.3, -0.25) is 38.8 Å². The highest BCUT2D eigenvalue weighted by Crippen LogP contribution is 2.63. The molecule has 442 valence electrons. The zero-order chi connectivity index (χ0) is 59.1. The summed E-state index contributed by atoms with van der Waals surface area (Å²) in [4.78, 5) is 73.3. The number of carbonyl (C=O) groups is 4. The number of nitrogens with two attached hydrogens (primary N) is 2. The lowest BCUT2D eigenvalue weighted by Crippen LogP contribution is -2.65. The largest absolute Gasteiger partial charge is 0.497 e. The number of benzene rings is 4. The molecule has 18 heteroatoms. The highest BCUT2D eigenvalue weighted by molar-refractivity contribution is 6.22. The van der Waals surface area contributed by atoms with Crippen LogP contribution in [0.25, 0.3) is 0 Å². The predicted octanol–water partition coefficient (Wildman–Crippen LogP) is 9.52. The van der Waals surface area contributed by atoms with E-state index in [0.29, 0.717) is 92.6 Å². The topological polar surface area (TPSA) is 174 Å². The summed E-state index contributed by atoms with van der Waals surface area (Å²) >= 11 is 0. The number of imide groups is 2. The van der Waals surface area contributed by atoms with Crippen LogP contribution in [0.2, 0.25) is 0 Å². The monoisotopic (exact) mass is 1140 g/mol. The van der Waals surface area contributed by atoms with Crippen molar-refractivity contribution in [3.05, 3.63) is 124 Å². The van der Waals surface area contributed by atoms with E-state index in [-0.39, 0.29) is 48.5 Å². The van der Waals surface area contributed by atoms with Crippen molar-refractivity contribution in [2.75, 3.05) is 59.5 Å². The third-order valence-corrected chi connectivity index (χ3v) is 21.4. The molecule has 8 fully saturated rings. The Morgan fingerprint density at radius 3 is 1.36 bits per heavy atom. The lowest BCUT2D eigenvalue weighted by Gasteiger charge is -2.64. The Labute approximate surface area is 486 Å². The first-order valence-electron chi connectivity index (χ1n) is 29.9. The van der Waals surface area contributed by atoms with Gasteiger partial charge in [0.1, 0.15) is 23.2 Å². The Hall–Kier alpha value is -6.79. The van der Waals surface area contributed by atoms with Gasteiger partial charge in [-0.15, -0.1) is 0 Å². The molecule has 6 aliphatic carbocycles. The fourth-order valence-electron chi connectivity index (χ4n) is 16.0. The van der Waals surface area contributed by atoms with E-state index in [2.05, 4.69) is 85.0 Å². The van der Waals surface area contributed by atoms with Crippen LogP contribution in [-0.2, 0) is 12.8 Å². The van der Waals surface area contributed by atoms with Gasteiger partial charge in [0.15, 0.2) is 11.9 Å². The molecule has 4 aliphatic heterocycles. The first-order chi connectivity index (χ1) is 39.4. The summed E-state index contributed by atoms with van der Waals surface area (Å²) in [5.41, 5.74) is 16.8. The minimum atomic E-state index is -0.697. The number of guanidine groups is 2. The van der Waals surface area contributed by atoms with Crippen molar-refractivity contribution in [3.8, 4) is 5.75 Å². The van der Waals surface area contributed by atoms with Crippen LogP contribution in [0.3, 0.4) is 0 Å².